The van der Waals surface area contributed by atoms with E-state index < -0.39 is 11.9 Å². The van der Waals surface area contributed by atoms with Crippen molar-refractivity contribution < 1.29 is 14.0 Å². The number of hydrogen-bond acceptors (Lipinski definition) is 3. The lowest BCUT2D eigenvalue weighted by Crippen LogP contribution is -2.45. The highest BCUT2D eigenvalue weighted by Gasteiger charge is 2.23. The number of nitrogens with one attached hydrogen (secondary N) is 2. The monoisotopic (exact) mass is 401 g/mol. The van der Waals surface area contributed by atoms with Crippen molar-refractivity contribution in [2.24, 2.45) is 0 Å². The van der Waals surface area contributed by atoms with Gasteiger partial charge in [0.1, 0.15) is 6.04 Å². The Morgan fingerprint density at radius 2 is 1.87 bits per heavy atom. The number of furan rings is 1. The number of nitrogens with zero attached hydrogens (tertiary/aromatic N) is 1. The van der Waals surface area contributed by atoms with Crippen LogP contribution in [0.15, 0.2) is 83.6 Å². The second-order valence-corrected chi connectivity index (χ2v) is 7.06. The quantitative estimate of drug-likeness (QED) is 0.486. The fraction of sp³-hybridized carbons (Fsp3) is 0.167. The van der Waals surface area contributed by atoms with Gasteiger partial charge in [-0.2, -0.15) is 0 Å². The summed E-state index contributed by atoms with van der Waals surface area (Å²) in [5.74, 6) is -0.539. The molecule has 30 heavy (non-hydrogen) atoms. The van der Waals surface area contributed by atoms with Gasteiger partial charge in [-0.25, -0.2) is 0 Å². The van der Waals surface area contributed by atoms with Crippen LogP contribution in [0.1, 0.15) is 23.0 Å². The van der Waals surface area contributed by atoms with E-state index in [0.29, 0.717) is 12.1 Å². The first kappa shape index (κ1) is 19.5. The third-order valence-corrected chi connectivity index (χ3v) is 5.03. The zero-order valence-corrected chi connectivity index (χ0v) is 16.7. The average Bonchev–Trinajstić information content (AvgIpc) is 3.43. The third-order valence-electron chi connectivity index (χ3n) is 5.03. The van der Waals surface area contributed by atoms with E-state index in [2.05, 4.69) is 22.1 Å². The standard InChI is InChI=1S/C24H23N3O3/c1-2-27-13-12-18-16-19(10-11-21(18)27)25-23(28)20(15-17-7-4-3-5-8-17)26-24(29)22-9-6-14-30-22/h3-14,16,20H,2,15H2,1H3,(H,25,28)(H,26,29). The Hall–Kier alpha value is -3.80. The molecule has 2 aromatic heterocycles. The number of hydrogen-bond donors (Lipinski definition) is 2. The number of carbonyl (C=O) groups excluding carboxylic acids is 2. The topological polar surface area (TPSA) is 76.3 Å². The summed E-state index contributed by atoms with van der Waals surface area (Å²) in [5.41, 5.74) is 2.75. The first-order chi connectivity index (χ1) is 14.6. The van der Waals surface area contributed by atoms with Crippen LogP contribution in [0.2, 0.25) is 0 Å². The Morgan fingerprint density at radius 1 is 1.03 bits per heavy atom. The Labute approximate surface area is 174 Å². The molecule has 0 fully saturated rings. The number of benzene rings is 2. The Bertz CT molecular complexity index is 1150. The lowest BCUT2D eigenvalue weighted by Gasteiger charge is -2.18. The van der Waals surface area contributed by atoms with Gasteiger partial charge < -0.3 is 19.6 Å². The van der Waals surface area contributed by atoms with Crippen molar-refractivity contribution in [3.05, 3.63) is 90.5 Å². The van der Waals surface area contributed by atoms with E-state index in [0.717, 1.165) is 23.0 Å². The van der Waals surface area contributed by atoms with E-state index in [9.17, 15) is 9.59 Å². The molecule has 4 aromatic rings. The lowest BCUT2D eigenvalue weighted by atomic mass is 10.0. The van der Waals surface area contributed by atoms with E-state index in [-0.39, 0.29) is 11.7 Å². The maximum absolute atomic E-state index is 13.1. The lowest BCUT2D eigenvalue weighted by molar-refractivity contribution is -0.118. The van der Waals surface area contributed by atoms with E-state index >= 15 is 0 Å². The second-order valence-electron chi connectivity index (χ2n) is 7.06. The summed E-state index contributed by atoms with van der Waals surface area (Å²) < 4.78 is 7.30. The third kappa shape index (κ3) is 4.27. The molecule has 2 aromatic carbocycles. The van der Waals surface area contributed by atoms with Gasteiger partial charge in [0.05, 0.1) is 6.26 Å². The number of amides is 2. The normalized spacial score (nSPS) is 11.9. The van der Waals surface area contributed by atoms with Crippen LogP contribution in [0, 0.1) is 0 Å². The SMILES string of the molecule is CCn1ccc2cc(NC(=O)C(Cc3ccccc3)NC(=O)c3ccco3)ccc21. The van der Waals surface area contributed by atoms with Crippen molar-refractivity contribution in [3.63, 3.8) is 0 Å². The van der Waals surface area contributed by atoms with Crippen LogP contribution in [-0.2, 0) is 17.8 Å². The molecular formula is C24H23N3O3. The summed E-state index contributed by atoms with van der Waals surface area (Å²) in [6.45, 7) is 2.97. The van der Waals surface area contributed by atoms with Crippen molar-refractivity contribution in [2.75, 3.05) is 5.32 Å². The summed E-state index contributed by atoms with van der Waals surface area (Å²) >= 11 is 0. The van der Waals surface area contributed by atoms with Gasteiger partial charge >= 0.3 is 0 Å². The van der Waals surface area contributed by atoms with Crippen LogP contribution in [0.4, 0.5) is 5.69 Å². The Morgan fingerprint density at radius 3 is 2.60 bits per heavy atom. The number of carbonyl (C=O) groups is 2. The molecule has 0 saturated carbocycles. The first-order valence-electron chi connectivity index (χ1n) is 9.92. The smallest absolute Gasteiger partial charge is 0.287 e. The molecule has 0 aliphatic heterocycles. The summed E-state index contributed by atoms with van der Waals surface area (Å²) in [4.78, 5) is 25.5. The molecule has 2 amide bonds. The van der Waals surface area contributed by atoms with Crippen molar-refractivity contribution in [3.8, 4) is 0 Å². The molecular weight excluding hydrogens is 378 g/mol. The molecule has 2 heterocycles. The predicted octanol–water partition coefficient (Wildman–Crippen LogP) is 4.23. The highest BCUT2D eigenvalue weighted by Crippen LogP contribution is 2.21. The van der Waals surface area contributed by atoms with Crippen molar-refractivity contribution in [1.29, 1.82) is 0 Å². The number of anilines is 1. The number of rotatable bonds is 7. The van der Waals surface area contributed by atoms with Crippen molar-refractivity contribution in [2.45, 2.75) is 25.9 Å². The molecule has 1 unspecified atom stereocenters. The van der Waals surface area contributed by atoms with Crippen LogP contribution in [-0.4, -0.2) is 22.4 Å². The summed E-state index contributed by atoms with van der Waals surface area (Å²) in [6.07, 6.45) is 3.82. The predicted molar refractivity (Wildman–Crippen MR) is 116 cm³/mol. The zero-order chi connectivity index (χ0) is 20.9. The van der Waals surface area contributed by atoms with Gasteiger partial charge in [0.2, 0.25) is 5.91 Å². The zero-order valence-electron chi connectivity index (χ0n) is 16.7. The number of aryl methyl sites for hydroxylation is 1. The molecule has 6 nitrogen and oxygen atoms in total. The van der Waals surface area contributed by atoms with Crippen molar-refractivity contribution in [1.82, 2.24) is 9.88 Å². The molecule has 0 spiro atoms. The molecule has 0 aliphatic carbocycles. The minimum Gasteiger partial charge on any atom is -0.459 e. The summed E-state index contributed by atoms with van der Waals surface area (Å²) in [5, 5.41) is 6.78. The second kappa shape index (κ2) is 8.69. The maximum atomic E-state index is 13.1. The van der Waals surface area contributed by atoms with E-state index in [1.54, 1.807) is 12.1 Å². The molecule has 2 N–H and O–H groups in total. The molecule has 0 aliphatic rings. The van der Waals surface area contributed by atoms with E-state index in [1.807, 2.05) is 60.8 Å². The molecule has 0 bridgehead atoms. The van der Waals surface area contributed by atoms with Crippen LogP contribution in [0.3, 0.4) is 0 Å². The van der Waals surface area contributed by atoms with Gasteiger partial charge in [-0.15, -0.1) is 0 Å². The van der Waals surface area contributed by atoms with E-state index in [1.165, 1.54) is 6.26 Å². The molecule has 0 radical (unpaired) electrons. The largest absolute Gasteiger partial charge is 0.459 e. The number of aromatic nitrogens is 1. The van der Waals surface area contributed by atoms with Gasteiger partial charge in [-0.05, 0) is 48.9 Å². The Kier molecular flexibility index (Phi) is 5.66. The van der Waals surface area contributed by atoms with E-state index in [4.69, 9.17) is 4.42 Å². The maximum Gasteiger partial charge on any atom is 0.287 e. The van der Waals surface area contributed by atoms with Crippen LogP contribution >= 0.6 is 0 Å². The van der Waals surface area contributed by atoms with Gasteiger partial charge in [0.25, 0.3) is 5.91 Å². The fourth-order valence-electron chi connectivity index (χ4n) is 3.48. The minimum atomic E-state index is -0.749. The van der Waals surface area contributed by atoms with Crippen LogP contribution in [0.25, 0.3) is 10.9 Å². The minimum absolute atomic E-state index is 0.170. The average molecular weight is 401 g/mol. The van der Waals surface area contributed by atoms with Gasteiger partial charge in [0, 0.05) is 35.8 Å². The van der Waals surface area contributed by atoms with Gasteiger partial charge in [-0.3, -0.25) is 9.59 Å². The molecule has 1 atom stereocenters. The molecule has 0 saturated heterocycles. The molecule has 152 valence electrons. The fourth-order valence-corrected chi connectivity index (χ4v) is 3.48. The van der Waals surface area contributed by atoms with Gasteiger partial charge in [0.15, 0.2) is 5.76 Å². The Balaban J connectivity index is 1.54. The van der Waals surface area contributed by atoms with Crippen LogP contribution < -0.4 is 10.6 Å². The number of fused-ring (bicyclic) bond motifs is 1. The summed E-state index contributed by atoms with van der Waals surface area (Å²) in [7, 11) is 0. The van der Waals surface area contributed by atoms with Crippen molar-refractivity contribution >= 4 is 28.4 Å². The van der Waals surface area contributed by atoms with Crippen LogP contribution in [0.5, 0.6) is 0 Å². The molecule has 4 rings (SSSR count). The van der Waals surface area contributed by atoms with Gasteiger partial charge in [-0.1, -0.05) is 30.3 Å². The highest BCUT2D eigenvalue weighted by atomic mass is 16.3. The molecule has 6 heteroatoms. The summed E-state index contributed by atoms with van der Waals surface area (Å²) in [6, 6.07) is 19.9. The first-order valence-corrected chi connectivity index (χ1v) is 9.92. The highest BCUT2D eigenvalue weighted by molar-refractivity contribution is 6.01.